The first-order chi connectivity index (χ1) is 6.99. The molecule has 1 aliphatic carbocycles. The second-order valence-corrected chi connectivity index (χ2v) is 7.12. The lowest BCUT2D eigenvalue weighted by atomic mass is 9.91. The van der Waals surface area contributed by atoms with Crippen LogP contribution in [0.4, 0.5) is 0 Å². The van der Waals surface area contributed by atoms with E-state index >= 15 is 0 Å². The Morgan fingerprint density at radius 2 is 1.88 bits per heavy atom. The molecule has 1 fully saturated rings. The standard InChI is InChI=1S/C10H22NO3P.ClH/c11-10(12)6-7-15(13,14)8-9-4-2-1-3-5-9;/h9-10,12H,1-8,11H2,(H,13,14);1H. The van der Waals surface area contributed by atoms with Crippen LogP contribution in [0.5, 0.6) is 0 Å². The predicted molar refractivity (Wildman–Crippen MR) is 68.2 cm³/mol. The molecule has 0 amide bonds. The van der Waals surface area contributed by atoms with Crippen molar-refractivity contribution >= 4 is 19.8 Å². The second kappa shape index (κ2) is 7.67. The summed E-state index contributed by atoms with van der Waals surface area (Å²) in [4.78, 5) is 9.70. The molecule has 1 aliphatic rings. The van der Waals surface area contributed by atoms with Gasteiger partial charge in [0.1, 0.15) is 6.23 Å². The van der Waals surface area contributed by atoms with Crippen LogP contribution in [0.25, 0.3) is 0 Å². The van der Waals surface area contributed by atoms with E-state index in [0.717, 1.165) is 12.8 Å². The minimum atomic E-state index is -3.05. The number of hydrogen-bond acceptors (Lipinski definition) is 3. The zero-order chi connectivity index (χ0) is 11.3. The zero-order valence-electron chi connectivity index (χ0n) is 9.55. The van der Waals surface area contributed by atoms with Crippen molar-refractivity contribution in [2.45, 2.75) is 44.8 Å². The first kappa shape index (κ1) is 16.4. The van der Waals surface area contributed by atoms with Crippen LogP contribution in [-0.2, 0) is 4.57 Å². The minimum absolute atomic E-state index is 0. The van der Waals surface area contributed by atoms with E-state index in [4.69, 9.17) is 10.8 Å². The molecule has 6 heteroatoms. The Hall–Kier alpha value is 0.400. The molecule has 0 spiro atoms. The Morgan fingerprint density at radius 1 is 1.31 bits per heavy atom. The van der Waals surface area contributed by atoms with Crippen LogP contribution in [0.2, 0.25) is 0 Å². The average molecular weight is 272 g/mol. The summed E-state index contributed by atoms with van der Waals surface area (Å²) in [6.07, 6.45) is 5.62. The topological polar surface area (TPSA) is 83.5 Å². The number of nitrogens with two attached hydrogens (primary N) is 1. The van der Waals surface area contributed by atoms with Gasteiger partial charge in [-0.2, -0.15) is 0 Å². The third-order valence-electron chi connectivity index (χ3n) is 3.04. The third-order valence-corrected chi connectivity index (χ3v) is 5.09. The molecule has 0 aromatic carbocycles. The van der Waals surface area contributed by atoms with Crippen molar-refractivity contribution in [1.29, 1.82) is 0 Å². The molecular weight excluding hydrogens is 249 g/mol. The molecule has 16 heavy (non-hydrogen) atoms. The van der Waals surface area contributed by atoms with E-state index in [1.165, 1.54) is 19.3 Å². The first-order valence-electron chi connectivity index (χ1n) is 5.74. The molecule has 0 saturated heterocycles. The van der Waals surface area contributed by atoms with Crippen molar-refractivity contribution in [2.24, 2.45) is 11.7 Å². The summed E-state index contributed by atoms with van der Waals surface area (Å²) >= 11 is 0. The Bertz CT molecular complexity index is 232. The predicted octanol–water partition coefficient (Wildman–Crippen LogP) is 1.93. The fourth-order valence-electron chi connectivity index (χ4n) is 2.20. The summed E-state index contributed by atoms with van der Waals surface area (Å²) < 4.78 is 11.8. The lowest BCUT2D eigenvalue weighted by molar-refractivity contribution is 0.178. The van der Waals surface area contributed by atoms with Crippen LogP contribution in [0.15, 0.2) is 0 Å². The van der Waals surface area contributed by atoms with Gasteiger partial charge in [0.25, 0.3) is 0 Å². The van der Waals surface area contributed by atoms with Crippen LogP contribution in [0, 0.1) is 5.92 Å². The molecule has 4 nitrogen and oxygen atoms in total. The van der Waals surface area contributed by atoms with Gasteiger partial charge in [-0.05, 0) is 25.2 Å². The Labute approximate surface area is 103 Å². The van der Waals surface area contributed by atoms with Crippen LogP contribution >= 0.6 is 19.8 Å². The molecule has 4 N–H and O–H groups in total. The van der Waals surface area contributed by atoms with Gasteiger partial charge >= 0.3 is 0 Å². The number of hydrogen-bond donors (Lipinski definition) is 3. The molecule has 0 bridgehead atoms. The molecule has 0 radical (unpaired) electrons. The van der Waals surface area contributed by atoms with Gasteiger partial charge in [0.2, 0.25) is 7.37 Å². The van der Waals surface area contributed by atoms with Crippen molar-refractivity contribution in [1.82, 2.24) is 0 Å². The maximum absolute atomic E-state index is 11.8. The van der Waals surface area contributed by atoms with E-state index in [1.54, 1.807) is 0 Å². The largest absolute Gasteiger partial charge is 0.379 e. The molecule has 2 unspecified atom stereocenters. The van der Waals surface area contributed by atoms with Crippen molar-refractivity contribution in [3.05, 3.63) is 0 Å². The number of aliphatic hydroxyl groups is 1. The Morgan fingerprint density at radius 3 is 2.38 bits per heavy atom. The summed E-state index contributed by atoms with van der Waals surface area (Å²) in [5, 5.41) is 8.87. The van der Waals surface area contributed by atoms with Crippen molar-refractivity contribution < 1.29 is 14.6 Å². The van der Waals surface area contributed by atoms with Crippen LogP contribution in [0.3, 0.4) is 0 Å². The summed E-state index contributed by atoms with van der Waals surface area (Å²) in [6, 6.07) is 0. The van der Waals surface area contributed by atoms with Crippen LogP contribution < -0.4 is 5.73 Å². The molecule has 98 valence electrons. The molecule has 0 aromatic rings. The number of aliphatic hydroxyl groups excluding tert-OH is 1. The summed E-state index contributed by atoms with van der Waals surface area (Å²) in [5.74, 6) is 0.407. The van der Waals surface area contributed by atoms with E-state index < -0.39 is 13.6 Å². The van der Waals surface area contributed by atoms with Gasteiger partial charge in [0, 0.05) is 12.3 Å². The zero-order valence-corrected chi connectivity index (χ0v) is 11.3. The summed E-state index contributed by atoms with van der Waals surface area (Å²) in [7, 11) is -3.05. The van der Waals surface area contributed by atoms with Gasteiger partial charge in [-0.25, -0.2) is 0 Å². The van der Waals surface area contributed by atoms with Crippen LogP contribution in [0.1, 0.15) is 38.5 Å². The highest BCUT2D eigenvalue weighted by Gasteiger charge is 2.25. The molecule has 2 atom stereocenters. The lowest BCUT2D eigenvalue weighted by Crippen LogP contribution is -2.21. The summed E-state index contributed by atoms with van der Waals surface area (Å²) in [6.45, 7) is 0. The fraction of sp³-hybridized carbons (Fsp3) is 1.00. The highest BCUT2D eigenvalue weighted by molar-refractivity contribution is 7.57. The molecule has 0 aliphatic heterocycles. The Balaban J connectivity index is 0.00000225. The minimum Gasteiger partial charge on any atom is -0.379 e. The van der Waals surface area contributed by atoms with Gasteiger partial charge in [0.05, 0.1) is 0 Å². The van der Waals surface area contributed by atoms with Crippen LogP contribution in [-0.4, -0.2) is 28.6 Å². The van der Waals surface area contributed by atoms with Gasteiger partial charge in [-0.3, -0.25) is 4.57 Å². The maximum Gasteiger partial charge on any atom is 0.201 e. The van der Waals surface area contributed by atoms with E-state index in [0.29, 0.717) is 12.1 Å². The van der Waals surface area contributed by atoms with E-state index in [9.17, 15) is 9.46 Å². The van der Waals surface area contributed by atoms with Gasteiger partial charge < -0.3 is 15.7 Å². The van der Waals surface area contributed by atoms with Gasteiger partial charge in [-0.1, -0.05) is 19.3 Å². The SMILES string of the molecule is Cl.NC(O)CCP(=O)(O)CC1CCCCC1. The average Bonchev–Trinajstić information content (AvgIpc) is 2.16. The maximum atomic E-state index is 11.8. The van der Waals surface area contributed by atoms with Gasteiger partial charge in [0.15, 0.2) is 0 Å². The van der Waals surface area contributed by atoms with Crippen molar-refractivity contribution in [3.63, 3.8) is 0 Å². The first-order valence-corrected chi connectivity index (χ1v) is 7.77. The van der Waals surface area contributed by atoms with Crippen molar-refractivity contribution in [2.75, 3.05) is 12.3 Å². The highest BCUT2D eigenvalue weighted by Crippen LogP contribution is 2.45. The lowest BCUT2D eigenvalue weighted by Gasteiger charge is -2.24. The Kier molecular flexibility index (Phi) is 7.87. The summed E-state index contributed by atoms with van der Waals surface area (Å²) in [5.41, 5.74) is 5.16. The van der Waals surface area contributed by atoms with Crippen molar-refractivity contribution in [3.8, 4) is 0 Å². The number of rotatable bonds is 5. The highest BCUT2D eigenvalue weighted by atomic mass is 35.5. The molecule has 0 aromatic heterocycles. The molecule has 1 saturated carbocycles. The van der Waals surface area contributed by atoms with E-state index in [2.05, 4.69) is 0 Å². The third kappa shape index (κ3) is 6.87. The molecule has 0 heterocycles. The quantitative estimate of drug-likeness (QED) is 0.527. The van der Waals surface area contributed by atoms with E-state index in [1.807, 2.05) is 0 Å². The van der Waals surface area contributed by atoms with E-state index in [-0.39, 0.29) is 25.0 Å². The molecular formula is C10H23ClNO3P. The van der Waals surface area contributed by atoms with Gasteiger partial charge in [-0.15, -0.1) is 12.4 Å². The second-order valence-electron chi connectivity index (χ2n) is 4.61. The molecule has 1 rings (SSSR count). The fourth-order valence-corrected chi connectivity index (χ4v) is 4.22. The smallest absolute Gasteiger partial charge is 0.201 e. The monoisotopic (exact) mass is 271 g/mol. The normalized spacial score (nSPS) is 23.2. The number of halogens is 1.